The van der Waals surface area contributed by atoms with Gasteiger partial charge in [-0.2, -0.15) is 0 Å². The molecular weight excluding hydrogens is 290 g/mol. The predicted octanol–water partition coefficient (Wildman–Crippen LogP) is 2.87. The number of carbonyl (C=O) groups is 1. The average molecular weight is 314 g/mol. The largest absolute Gasteiger partial charge is 0.380 e. The van der Waals surface area contributed by atoms with Crippen LogP contribution in [-0.4, -0.2) is 50.3 Å². The molecule has 0 saturated carbocycles. The third kappa shape index (κ3) is 6.46. The number of rotatable bonds is 10. The Balaban J connectivity index is 2.63. The molecule has 1 unspecified atom stereocenters. The fraction of sp³-hybridized carbons (Fsp3) is 0.562. The molecule has 0 heterocycles. The van der Waals surface area contributed by atoms with Crippen molar-refractivity contribution in [3.63, 3.8) is 0 Å². The van der Waals surface area contributed by atoms with Crippen LogP contribution in [0.2, 0.25) is 0 Å². The summed E-state index contributed by atoms with van der Waals surface area (Å²) in [6.45, 7) is 7.19. The molecule has 0 N–H and O–H groups in total. The van der Waals surface area contributed by atoms with E-state index in [1.54, 1.807) is 4.90 Å². The van der Waals surface area contributed by atoms with Crippen LogP contribution in [0.15, 0.2) is 30.3 Å². The number of hydrogen-bond donors (Lipinski definition) is 0. The highest BCUT2D eigenvalue weighted by Gasteiger charge is 2.23. The summed E-state index contributed by atoms with van der Waals surface area (Å²) in [5.74, 6) is -0.109. The van der Waals surface area contributed by atoms with E-state index in [0.717, 1.165) is 5.56 Å². The summed E-state index contributed by atoms with van der Waals surface area (Å²) in [5.41, 5.74) is 0.807. The number of hydrogen-bond acceptors (Lipinski definition) is 3. The van der Waals surface area contributed by atoms with Gasteiger partial charge in [0.1, 0.15) is 5.38 Å². The van der Waals surface area contributed by atoms with Crippen LogP contribution in [0, 0.1) is 0 Å². The Morgan fingerprint density at radius 1 is 1.10 bits per heavy atom. The molecule has 0 radical (unpaired) electrons. The van der Waals surface area contributed by atoms with Crippen LogP contribution >= 0.6 is 11.6 Å². The number of ether oxygens (including phenoxy) is 2. The lowest BCUT2D eigenvalue weighted by Crippen LogP contribution is -2.38. The number of benzene rings is 1. The summed E-state index contributed by atoms with van der Waals surface area (Å²) < 4.78 is 10.7. The zero-order valence-corrected chi connectivity index (χ0v) is 13.5. The topological polar surface area (TPSA) is 38.8 Å². The van der Waals surface area contributed by atoms with E-state index in [-0.39, 0.29) is 5.91 Å². The van der Waals surface area contributed by atoms with E-state index in [2.05, 4.69) is 0 Å². The zero-order valence-electron chi connectivity index (χ0n) is 12.8. The van der Waals surface area contributed by atoms with Crippen LogP contribution < -0.4 is 0 Å². The minimum Gasteiger partial charge on any atom is -0.380 e. The van der Waals surface area contributed by atoms with Crippen LogP contribution in [-0.2, 0) is 14.3 Å². The Morgan fingerprint density at radius 3 is 2.10 bits per heavy atom. The normalized spacial score (nSPS) is 12.1. The van der Waals surface area contributed by atoms with Gasteiger partial charge in [-0.05, 0) is 19.4 Å². The lowest BCUT2D eigenvalue weighted by molar-refractivity contribution is -0.132. The van der Waals surface area contributed by atoms with Crippen LogP contribution in [0.4, 0.5) is 0 Å². The summed E-state index contributed by atoms with van der Waals surface area (Å²) in [7, 11) is 0. The first-order valence-electron chi connectivity index (χ1n) is 7.34. The maximum absolute atomic E-state index is 12.5. The van der Waals surface area contributed by atoms with Crippen molar-refractivity contribution in [2.75, 3.05) is 39.5 Å². The highest BCUT2D eigenvalue weighted by Crippen LogP contribution is 2.22. The number of carbonyl (C=O) groups excluding carboxylic acids is 1. The summed E-state index contributed by atoms with van der Waals surface area (Å²) in [6.07, 6.45) is 0. The number of nitrogens with zero attached hydrogens (tertiary/aromatic N) is 1. The van der Waals surface area contributed by atoms with Gasteiger partial charge in [-0.25, -0.2) is 0 Å². The van der Waals surface area contributed by atoms with Crippen molar-refractivity contribution in [3.05, 3.63) is 35.9 Å². The van der Waals surface area contributed by atoms with Crippen molar-refractivity contribution in [2.24, 2.45) is 0 Å². The van der Waals surface area contributed by atoms with Gasteiger partial charge in [-0.3, -0.25) is 4.79 Å². The van der Waals surface area contributed by atoms with Crippen LogP contribution in [0.1, 0.15) is 24.8 Å². The van der Waals surface area contributed by atoms with Crippen LogP contribution in [0.25, 0.3) is 0 Å². The van der Waals surface area contributed by atoms with Gasteiger partial charge in [-0.1, -0.05) is 30.3 Å². The lowest BCUT2D eigenvalue weighted by atomic mass is 10.1. The second kappa shape index (κ2) is 10.6. The molecule has 5 heteroatoms. The highest BCUT2D eigenvalue weighted by atomic mass is 35.5. The van der Waals surface area contributed by atoms with E-state index in [1.807, 2.05) is 44.2 Å². The minimum atomic E-state index is -0.672. The number of halogens is 1. The molecule has 0 bridgehead atoms. The molecule has 0 aliphatic carbocycles. The lowest BCUT2D eigenvalue weighted by Gasteiger charge is -2.25. The zero-order chi connectivity index (χ0) is 15.5. The molecule has 1 aromatic carbocycles. The van der Waals surface area contributed by atoms with Gasteiger partial charge in [-0.15, -0.1) is 11.6 Å². The average Bonchev–Trinajstić information content (AvgIpc) is 2.53. The fourth-order valence-corrected chi connectivity index (χ4v) is 2.18. The van der Waals surface area contributed by atoms with Gasteiger partial charge < -0.3 is 14.4 Å². The van der Waals surface area contributed by atoms with Gasteiger partial charge in [0.2, 0.25) is 5.91 Å². The molecule has 0 spiro atoms. The van der Waals surface area contributed by atoms with Crippen molar-refractivity contribution < 1.29 is 14.3 Å². The first kappa shape index (κ1) is 18.0. The summed E-state index contributed by atoms with van der Waals surface area (Å²) in [6, 6.07) is 9.38. The van der Waals surface area contributed by atoms with Crippen molar-refractivity contribution in [3.8, 4) is 0 Å². The van der Waals surface area contributed by atoms with Crippen LogP contribution in [0.3, 0.4) is 0 Å². The van der Waals surface area contributed by atoms with Gasteiger partial charge in [0, 0.05) is 26.3 Å². The van der Waals surface area contributed by atoms with E-state index in [9.17, 15) is 4.79 Å². The minimum absolute atomic E-state index is 0.109. The van der Waals surface area contributed by atoms with Gasteiger partial charge in [0.05, 0.1) is 13.2 Å². The van der Waals surface area contributed by atoms with Gasteiger partial charge >= 0.3 is 0 Å². The van der Waals surface area contributed by atoms with E-state index in [4.69, 9.17) is 21.1 Å². The molecule has 1 rings (SSSR count). The van der Waals surface area contributed by atoms with Crippen molar-refractivity contribution in [2.45, 2.75) is 19.2 Å². The number of alkyl halides is 1. The molecule has 4 nitrogen and oxygen atoms in total. The quantitative estimate of drug-likeness (QED) is 0.492. The molecule has 0 aromatic heterocycles. The molecule has 1 amide bonds. The monoisotopic (exact) mass is 313 g/mol. The van der Waals surface area contributed by atoms with Crippen molar-refractivity contribution in [1.82, 2.24) is 4.90 Å². The van der Waals surface area contributed by atoms with E-state index in [0.29, 0.717) is 39.5 Å². The van der Waals surface area contributed by atoms with E-state index in [1.165, 1.54) is 0 Å². The first-order chi connectivity index (χ1) is 10.2. The van der Waals surface area contributed by atoms with Gasteiger partial charge in [0.15, 0.2) is 0 Å². The van der Waals surface area contributed by atoms with E-state index >= 15 is 0 Å². The molecule has 0 aliphatic rings. The summed E-state index contributed by atoms with van der Waals surface area (Å²) in [4.78, 5) is 14.2. The molecule has 118 valence electrons. The van der Waals surface area contributed by atoms with E-state index < -0.39 is 5.38 Å². The maximum Gasteiger partial charge on any atom is 0.245 e. The Bertz CT molecular complexity index is 390. The smallest absolute Gasteiger partial charge is 0.245 e. The van der Waals surface area contributed by atoms with Crippen LogP contribution in [0.5, 0.6) is 0 Å². The third-order valence-corrected chi connectivity index (χ3v) is 3.48. The maximum atomic E-state index is 12.5. The summed E-state index contributed by atoms with van der Waals surface area (Å²) >= 11 is 6.30. The standard InChI is InChI=1S/C16H24ClNO3/c1-3-20-12-10-18(11-13-21-4-2)16(19)15(17)14-8-6-5-7-9-14/h5-9,15H,3-4,10-13H2,1-2H3. The molecule has 0 saturated heterocycles. The fourth-order valence-electron chi connectivity index (χ4n) is 1.90. The summed E-state index contributed by atoms with van der Waals surface area (Å²) in [5, 5.41) is -0.672. The van der Waals surface area contributed by atoms with Crippen molar-refractivity contribution >= 4 is 17.5 Å². The third-order valence-electron chi connectivity index (χ3n) is 3.04. The molecular formula is C16H24ClNO3. The Hall–Kier alpha value is -1.10. The predicted molar refractivity (Wildman–Crippen MR) is 84.6 cm³/mol. The SMILES string of the molecule is CCOCCN(CCOCC)C(=O)C(Cl)c1ccccc1. The van der Waals surface area contributed by atoms with Crippen molar-refractivity contribution in [1.29, 1.82) is 0 Å². The second-order valence-electron chi connectivity index (χ2n) is 4.49. The molecule has 0 aliphatic heterocycles. The second-order valence-corrected chi connectivity index (χ2v) is 4.93. The molecule has 21 heavy (non-hydrogen) atoms. The highest BCUT2D eigenvalue weighted by molar-refractivity contribution is 6.30. The molecule has 1 atom stereocenters. The molecule has 0 fully saturated rings. The Morgan fingerprint density at radius 2 is 1.62 bits per heavy atom. The first-order valence-corrected chi connectivity index (χ1v) is 7.77. The Kier molecular flexibility index (Phi) is 9.06. The Labute approximate surface area is 132 Å². The number of amides is 1. The van der Waals surface area contributed by atoms with Gasteiger partial charge in [0.25, 0.3) is 0 Å². The molecule has 1 aromatic rings.